The molecule has 1 rings (SSSR count). The Balaban J connectivity index is 2.79. The van der Waals surface area contributed by atoms with E-state index in [9.17, 15) is 22.8 Å². The Bertz CT molecular complexity index is 485. The minimum atomic E-state index is -3.27. The fraction of sp³-hybridized carbons (Fsp3) is 0.727. The number of rotatable bonds is 6. The Hall–Kier alpha value is -1.44. The van der Waals surface area contributed by atoms with Gasteiger partial charge in [-0.15, -0.1) is 0 Å². The highest BCUT2D eigenvalue weighted by Gasteiger charge is 2.39. The summed E-state index contributed by atoms with van der Waals surface area (Å²) in [6.45, 7) is 3.11. The molecule has 19 heavy (non-hydrogen) atoms. The number of carbonyl (C=O) groups excluding carboxylic acids is 3. The van der Waals surface area contributed by atoms with Gasteiger partial charge in [-0.3, -0.25) is 19.8 Å². The van der Waals surface area contributed by atoms with Gasteiger partial charge in [0.05, 0.1) is 5.75 Å². The van der Waals surface area contributed by atoms with Crippen LogP contribution in [-0.4, -0.2) is 49.2 Å². The van der Waals surface area contributed by atoms with Crippen LogP contribution in [0, 0.1) is 5.92 Å². The predicted molar refractivity (Wildman–Crippen MR) is 68.0 cm³/mol. The molecule has 1 saturated heterocycles. The fourth-order valence-electron chi connectivity index (χ4n) is 1.79. The highest BCUT2D eigenvalue weighted by atomic mass is 32.2. The van der Waals surface area contributed by atoms with Crippen molar-refractivity contribution in [3.05, 3.63) is 0 Å². The Kier molecular flexibility index (Phi) is 5.04. The molecule has 1 N–H and O–H groups in total. The topological polar surface area (TPSA) is 101 Å². The largest absolute Gasteiger partial charge is 0.330 e. The first kappa shape index (κ1) is 15.6. The molecule has 0 bridgehead atoms. The minimum absolute atomic E-state index is 0.0477. The first-order chi connectivity index (χ1) is 8.82. The lowest BCUT2D eigenvalue weighted by molar-refractivity contribution is -0.142. The van der Waals surface area contributed by atoms with Gasteiger partial charge in [0, 0.05) is 12.3 Å². The average Bonchev–Trinajstić information content (AvgIpc) is 2.34. The highest BCUT2D eigenvalue weighted by Crippen LogP contribution is 2.15. The van der Waals surface area contributed by atoms with Crippen molar-refractivity contribution in [2.75, 3.05) is 18.1 Å². The van der Waals surface area contributed by atoms with Gasteiger partial charge in [0.1, 0.15) is 5.92 Å². The van der Waals surface area contributed by atoms with Crippen molar-refractivity contribution < 1.29 is 22.8 Å². The summed E-state index contributed by atoms with van der Waals surface area (Å²) in [7, 11) is -3.27. The summed E-state index contributed by atoms with van der Waals surface area (Å²) >= 11 is 0. The smallest absolute Gasteiger partial charge is 0.277 e. The van der Waals surface area contributed by atoms with Crippen molar-refractivity contribution in [1.29, 1.82) is 0 Å². The van der Waals surface area contributed by atoms with Crippen LogP contribution in [-0.2, 0) is 19.4 Å². The highest BCUT2D eigenvalue weighted by molar-refractivity contribution is 7.91. The van der Waals surface area contributed by atoms with Crippen molar-refractivity contribution in [3.8, 4) is 0 Å². The molecule has 1 atom stereocenters. The number of nitrogens with zero attached hydrogens (tertiary/aromatic N) is 1. The van der Waals surface area contributed by atoms with Crippen molar-refractivity contribution in [1.82, 2.24) is 10.2 Å². The minimum Gasteiger partial charge on any atom is -0.277 e. The standard InChI is InChI=1S/C11H18N2O5S/c1-3-5-8-9(14)12-11(16)13(10(8)15)6-7-19(17,18)4-2/h8H,3-7H2,1-2H3,(H,12,14,16). The summed E-state index contributed by atoms with van der Waals surface area (Å²) in [5, 5.41) is 2.08. The number of nitrogens with one attached hydrogen (secondary N) is 1. The summed E-state index contributed by atoms with van der Waals surface area (Å²) < 4.78 is 22.8. The van der Waals surface area contributed by atoms with Gasteiger partial charge in [0.25, 0.3) is 0 Å². The van der Waals surface area contributed by atoms with Gasteiger partial charge in [0.15, 0.2) is 9.84 Å². The number of amides is 4. The van der Waals surface area contributed by atoms with Crippen molar-refractivity contribution in [2.24, 2.45) is 5.92 Å². The third kappa shape index (κ3) is 3.76. The SMILES string of the molecule is CCCC1C(=O)NC(=O)N(CCS(=O)(=O)CC)C1=O. The molecule has 0 saturated carbocycles. The first-order valence-corrected chi connectivity index (χ1v) is 8.01. The molecule has 1 fully saturated rings. The van der Waals surface area contributed by atoms with E-state index in [4.69, 9.17) is 0 Å². The molecule has 0 aromatic rings. The van der Waals surface area contributed by atoms with Gasteiger partial charge in [-0.05, 0) is 6.42 Å². The lowest BCUT2D eigenvalue weighted by Gasteiger charge is -2.29. The van der Waals surface area contributed by atoms with E-state index in [1.807, 2.05) is 6.92 Å². The second kappa shape index (κ2) is 6.14. The van der Waals surface area contributed by atoms with E-state index in [1.54, 1.807) is 0 Å². The van der Waals surface area contributed by atoms with E-state index in [1.165, 1.54) is 6.92 Å². The average molecular weight is 290 g/mol. The van der Waals surface area contributed by atoms with Crippen LogP contribution in [0.15, 0.2) is 0 Å². The number of sulfone groups is 1. The van der Waals surface area contributed by atoms with Gasteiger partial charge < -0.3 is 0 Å². The van der Waals surface area contributed by atoms with Crippen LogP contribution in [0.4, 0.5) is 4.79 Å². The predicted octanol–water partition coefficient (Wildman–Crippen LogP) is -0.0842. The fourth-order valence-corrected chi connectivity index (χ4v) is 2.54. The Morgan fingerprint density at radius 1 is 1.21 bits per heavy atom. The zero-order valence-electron chi connectivity index (χ0n) is 11.0. The van der Waals surface area contributed by atoms with Crippen LogP contribution in [0.2, 0.25) is 0 Å². The van der Waals surface area contributed by atoms with Gasteiger partial charge in [-0.2, -0.15) is 0 Å². The second-order valence-corrected chi connectivity index (χ2v) is 6.83. The summed E-state index contributed by atoms with van der Waals surface area (Å²) in [5.74, 6) is -2.44. The Morgan fingerprint density at radius 2 is 1.84 bits per heavy atom. The first-order valence-electron chi connectivity index (χ1n) is 6.19. The molecule has 7 nitrogen and oxygen atoms in total. The van der Waals surface area contributed by atoms with Crippen molar-refractivity contribution in [3.63, 3.8) is 0 Å². The quantitative estimate of drug-likeness (QED) is 0.689. The molecule has 1 unspecified atom stereocenters. The second-order valence-electron chi connectivity index (χ2n) is 4.36. The van der Waals surface area contributed by atoms with Crippen LogP contribution < -0.4 is 5.32 Å². The molecule has 1 aliphatic heterocycles. The number of imide groups is 2. The maximum Gasteiger partial charge on any atom is 0.330 e. The van der Waals surface area contributed by atoms with E-state index in [2.05, 4.69) is 5.32 Å². The molecular weight excluding hydrogens is 272 g/mol. The van der Waals surface area contributed by atoms with E-state index < -0.39 is 33.6 Å². The molecule has 1 heterocycles. The van der Waals surface area contributed by atoms with E-state index in [0.717, 1.165) is 4.90 Å². The van der Waals surface area contributed by atoms with Gasteiger partial charge in [-0.25, -0.2) is 13.2 Å². The van der Waals surface area contributed by atoms with Crippen molar-refractivity contribution in [2.45, 2.75) is 26.7 Å². The normalized spacial score (nSPS) is 20.6. The lowest BCUT2D eigenvalue weighted by Crippen LogP contribution is -2.58. The number of hydrogen-bond acceptors (Lipinski definition) is 5. The van der Waals surface area contributed by atoms with Crippen LogP contribution in [0.3, 0.4) is 0 Å². The van der Waals surface area contributed by atoms with E-state index in [0.29, 0.717) is 12.8 Å². The molecule has 4 amide bonds. The van der Waals surface area contributed by atoms with Gasteiger partial charge in [0.2, 0.25) is 11.8 Å². The zero-order valence-corrected chi connectivity index (χ0v) is 11.8. The summed E-state index contributed by atoms with van der Waals surface area (Å²) in [6, 6.07) is -0.839. The third-order valence-corrected chi connectivity index (χ3v) is 4.68. The molecule has 0 aromatic heterocycles. The van der Waals surface area contributed by atoms with Crippen molar-refractivity contribution >= 4 is 27.7 Å². The molecule has 0 aliphatic carbocycles. The number of hydrogen-bond donors (Lipinski definition) is 1. The Morgan fingerprint density at radius 3 is 2.37 bits per heavy atom. The molecule has 8 heteroatoms. The Labute approximate surface area is 112 Å². The summed E-state index contributed by atoms with van der Waals surface area (Å²) in [6.07, 6.45) is 0.966. The third-order valence-electron chi connectivity index (χ3n) is 3.00. The molecular formula is C11H18N2O5S. The number of urea groups is 1. The maximum absolute atomic E-state index is 12.0. The molecule has 1 aliphatic rings. The van der Waals surface area contributed by atoms with E-state index in [-0.39, 0.29) is 18.1 Å². The zero-order chi connectivity index (χ0) is 14.6. The monoisotopic (exact) mass is 290 g/mol. The lowest BCUT2D eigenvalue weighted by atomic mass is 9.99. The maximum atomic E-state index is 12.0. The molecule has 0 aromatic carbocycles. The summed E-state index contributed by atoms with van der Waals surface area (Å²) in [4.78, 5) is 35.9. The van der Waals surface area contributed by atoms with Crippen LogP contribution >= 0.6 is 0 Å². The molecule has 0 radical (unpaired) electrons. The number of carbonyl (C=O) groups is 3. The van der Waals surface area contributed by atoms with Crippen LogP contribution in [0.25, 0.3) is 0 Å². The van der Waals surface area contributed by atoms with E-state index >= 15 is 0 Å². The molecule has 0 spiro atoms. The van der Waals surface area contributed by atoms with Crippen LogP contribution in [0.1, 0.15) is 26.7 Å². The number of barbiturate groups is 1. The van der Waals surface area contributed by atoms with Gasteiger partial charge >= 0.3 is 6.03 Å². The van der Waals surface area contributed by atoms with Gasteiger partial charge in [-0.1, -0.05) is 20.3 Å². The van der Waals surface area contributed by atoms with Crippen LogP contribution in [0.5, 0.6) is 0 Å². The summed E-state index contributed by atoms with van der Waals surface area (Å²) in [5.41, 5.74) is 0. The molecule has 108 valence electrons.